The van der Waals surface area contributed by atoms with Crippen molar-refractivity contribution in [3.8, 4) is 46.0 Å². The summed E-state index contributed by atoms with van der Waals surface area (Å²) in [4.78, 5) is 101. The Balaban J connectivity index is 1.39. The highest BCUT2D eigenvalue weighted by Crippen LogP contribution is 2.44. The summed E-state index contributed by atoms with van der Waals surface area (Å²) in [6, 6.07) is 17.0. The molecule has 2 aromatic carbocycles. The van der Waals surface area contributed by atoms with Crippen LogP contribution in [-0.4, -0.2) is 162 Å². The van der Waals surface area contributed by atoms with E-state index in [-0.39, 0.29) is 85.2 Å². The second kappa shape index (κ2) is 30.6. The van der Waals surface area contributed by atoms with E-state index in [0.717, 1.165) is 10.7 Å². The first-order chi connectivity index (χ1) is 39.5. The van der Waals surface area contributed by atoms with E-state index in [0.29, 0.717) is 9.87 Å². The Kier molecular flexibility index (Phi) is 22.7. The molecule has 36 nitrogen and oxygen atoms in total. The van der Waals surface area contributed by atoms with Gasteiger partial charge in [-0.25, -0.2) is 28.7 Å². The number of carbonyl (C=O) groups is 3. The second-order valence-electron chi connectivity index (χ2n) is 15.5. The number of esters is 1. The molecule has 436 valence electrons. The van der Waals surface area contributed by atoms with Gasteiger partial charge in [-0.1, -0.05) is 30.3 Å². The number of benzene rings is 2. The van der Waals surface area contributed by atoms with Crippen molar-refractivity contribution in [1.29, 1.82) is 0 Å². The summed E-state index contributed by atoms with van der Waals surface area (Å²) in [7, 11) is -3.70. The van der Waals surface area contributed by atoms with Crippen molar-refractivity contribution < 1.29 is 99.9 Å². The van der Waals surface area contributed by atoms with E-state index in [2.05, 4.69) is 50.0 Å². The summed E-state index contributed by atoms with van der Waals surface area (Å²) in [6.45, 7) is -4.10. The molecule has 6 rings (SSSR count). The Morgan fingerprint density at radius 2 is 1.37 bits per heavy atom. The average molecular weight is 1170 g/mol. The highest BCUT2D eigenvalue weighted by molar-refractivity contribution is 7.92. The van der Waals surface area contributed by atoms with Gasteiger partial charge in [0, 0.05) is 18.0 Å². The highest BCUT2D eigenvalue weighted by Gasteiger charge is 2.35. The van der Waals surface area contributed by atoms with Gasteiger partial charge in [-0.05, 0) is 70.9 Å². The van der Waals surface area contributed by atoms with Crippen LogP contribution >= 0.6 is 0 Å². The quantitative estimate of drug-likeness (QED) is 0.0139. The second-order valence-corrected chi connectivity index (χ2v) is 17.3. The lowest BCUT2D eigenvalue weighted by atomic mass is 10.1. The third-order valence-corrected chi connectivity index (χ3v) is 11.6. The molecule has 4 aromatic heterocycles. The maximum absolute atomic E-state index is 15.0. The molecule has 4 heterocycles. The summed E-state index contributed by atoms with van der Waals surface area (Å²) in [5.41, 5.74) is 0.853. The molecule has 0 spiro atoms. The zero-order chi connectivity index (χ0) is 58.9. The number of para-hydroxylation sites is 2. The summed E-state index contributed by atoms with van der Waals surface area (Å²) in [6.07, 6.45) is -0.0941. The number of aryl methyl sites for hydroxylation is 1. The first kappa shape index (κ1) is 60.8. The molecule has 0 radical (unpaired) electrons. The first-order valence-corrected chi connectivity index (χ1v) is 24.8. The number of hydrogen-bond donors (Lipinski definition) is 0. The Morgan fingerprint density at radius 3 is 2.04 bits per heavy atom. The van der Waals surface area contributed by atoms with E-state index in [4.69, 9.17) is 47.4 Å². The van der Waals surface area contributed by atoms with Crippen molar-refractivity contribution in [3.63, 3.8) is 0 Å². The predicted octanol–water partition coefficient (Wildman–Crippen LogP) is 3.51. The van der Waals surface area contributed by atoms with Gasteiger partial charge in [0.2, 0.25) is 11.6 Å². The van der Waals surface area contributed by atoms with Crippen molar-refractivity contribution >= 4 is 34.1 Å². The fraction of sp³-hybridized carbons (Fsp3) is 0.333. The van der Waals surface area contributed by atoms with Crippen LogP contribution in [0.5, 0.6) is 23.1 Å². The molecular weight excluding hydrogens is 1120 g/mol. The topological polar surface area (TPSA) is 433 Å². The normalized spacial score (nSPS) is 10.9. The van der Waals surface area contributed by atoms with Crippen LogP contribution in [0.1, 0.15) is 21.5 Å². The Labute approximate surface area is 460 Å². The largest absolute Gasteiger partial charge is 0.510 e. The lowest BCUT2D eigenvalue weighted by molar-refractivity contribution is -0.763. The van der Waals surface area contributed by atoms with Crippen molar-refractivity contribution in [2.24, 2.45) is 0 Å². The number of methoxy groups -OCH3 is 1. The van der Waals surface area contributed by atoms with Crippen LogP contribution in [0.4, 0.5) is 15.4 Å². The molecule has 0 bridgehead atoms. The monoisotopic (exact) mass is 1170 g/mol. The number of aromatic nitrogens is 8. The summed E-state index contributed by atoms with van der Waals surface area (Å²) in [5.74, 6) is -3.11. The van der Waals surface area contributed by atoms with E-state index < -0.39 is 113 Å². The average Bonchev–Trinajstić information content (AvgIpc) is 3.57. The van der Waals surface area contributed by atoms with E-state index in [1.165, 1.54) is 74.1 Å². The van der Waals surface area contributed by atoms with Crippen molar-refractivity contribution in [2.45, 2.75) is 25.3 Å². The Morgan fingerprint density at radius 1 is 0.695 bits per heavy atom. The van der Waals surface area contributed by atoms with Gasteiger partial charge in [-0.15, -0.1) is 35.4 Å². The Hall–Kier alpha value is -10.4. The molecule has 82 heavy (non-hydrogen) atoms. The Bertz CT molecular complexity index is 3270. The van der Waals surface area contributed by atoms with Gasteiger partial charge in [0.25, 0.3) is 31.2 Å². The zero-order valence-electron chi connectivity index (χ0n) is 42.8. The zero-order valence-corrected chi connectivity index (χ0v) is 43.7. The maximum Gasteiger partial charge on any atom is 0.510 e. The number of sulfonamides is 1. The SMILES string of the molecule is COc1ccccc1Oc1c(OCCOC(=O)c2cccc(CO[N+](=O)[O-])c2)nc(-c2ccnc(-c3nnnn3COC(=O)OCCOCCO[N+](=O)[O-])c2)nc1N(COC(=O)OCCOCCO[N+](=O)[O-])S(=O)(=O)c1ccc(C)cn1. The van der Waals surface area contributed by atoms with Crippen molar-refractivity contribution in [3.05, 3.63) is 132 Å². The van der Waals surface area contributed by atoms with Crippen molar-refractivity contribution in [1.82, 2.24) is 40.1 Å². The molecule has 0 aliphatic carbocycles. The van der Waals surface area contributed by atoms with Gasteiger partial charge in [-0.2, -0.15) is 18.1 Å². The lowest BCUT2D eigenvalue weighted by Crippen LogP contribution is -2.36. The standard InChI is InChI=1S/C45H46N12O24S/c1-30-10-11-37(47-26-30)82(67,68)54(29-77-45(60)75-19-15-71-17-23-79-56(63)64)41-38(81-36-9-4-3-8-35(36)69-2)42(72-20-21-73-43(58)33-7-5-6-31(24-33)27-80-57(65)66)49-39(48-41)32-12-13-46-34(25-32)40-50-51-52-53(40)28-76-44(59)74-18-14-70-16-22-78-55(61)62/h3-13,24-26H,14-23,27-29H2,1-2H3. The molecule has 37 heteroatoms. The molecule has 0 amide bonds. The van der Waals surface area contributed by atoms with E-state index in [9.17, 15) is 53.1 Å². The lowest BCUT2D eigenvalue weighted by Gasteiger charge is -2.26. The van der Waals surface area contributed by atoms with Crippen LogP contribution in [0.15, 0.2) is 90.2 Å². The predicted molar refractivity (Wildman–Crippen MR) is 265 cm³/mol. The van der Waals surface area contributed by atoms with Gasteiger partial charge in [0.1, 0.15) is 51.9 Å². The minimum atomic E-state index is -5.02. The molecule has 0 unspecified atom stereocenters. The van der Waals surface area contributed by atoms with E-state index in [1.807, 2.05) is 0 Å². The van der Waals surface area contributed by atoms with Crippen LogP contribution in [-0.2, 0) is 71.0 Å². The maximum atomic E-state index is 15.0. The van der Waals surface area contributed by atoms with Crippen LogP contribution in [0.2, 0.25) is 0 Å². The van der Waals surface area contributed by atoms with Crippen LogP contribution in [0, 0.1) is 37.3 Å². The van der Waals surface area contributed by atoms with Gasteiger partial charge >= 0.3 is 18.3 Å². The van der Waals surface area contributed by atoms with E-state index in [1.54, 1.807) is 19.1 Å². The minimum absolute atomic E-state index is 0.0105. The number of hydrogen-bond acceptors (Lipinski definition) is 31. The number of nitrogens with zero attached hydrogens (tertiary/aromatic N) is 12. The van der Waals surface area contributed by atoms with Gasteiger partial charge in [0.05, 0.1) is 39.1 Å². The molecule has 0 aliphatic heterocycles. The molecule has 0 aliphatic rings. The summed E-state index contributed by atoms with van der Waals surface area (Å²) >= 11 is 0. The third kappa shape index (κ3) is 18.6. The fourth-order valence-corrected chi connectivity index (χ4v) is 7.54. The number of carbonyl (C=O) groups excluding carboxylic acids is 3. The fourth-order valence-electron chi connectivity index (χ4n) is 6.34. The molecule has 0 N–H and O–H groups in total. The van der Waals surface area contributed by atoms with Gasteiger partial charge < -0.3 is 61.9 Å². The smallest absolute Gasteiger partial charge is 0.493 e. The third-order valence-electron chi connectivity index (χ3n) is 9.95. The number of rotatable bonds is 34. The molecule has 0 fully saturated rings. The van der Waals surface area contributed by atoms with Gasteiger partial charge in [-0.3, -0.25) is 4.98 Å². The minimum Gasteiger partial charge on any atom is -0.493 e. The molecule has 0 atom stereocenters. The van der Waals surface area contributed by atoms with Crippen LogP contribution in [0.25, 0.3) is 22.9 Å². The number of tetrazole rings is 1. The van der Waals surface area contributed by atoms with Crippen molar-refractivity contribution in [2.75, 3.05) is 84.2 Å². The molecule has 0 saturated carbocycles. The van der Waals surface area contributed by atoms with E-state index >= 15 is 0 Å². The summed E-state index contributed by atoms with van der Waals surface area (Å²) < 4.78 is 85.7. The number of ether oxygens (including phenoxy) is 10. The molecule has 6 aromatic rings. The van der Waals surface area contributed by atoms with Gasteiger partial charge in [0.15, 0.2) is 41.6 Å². The van der Waals surface area contributed by atoms with Crippen LogP contribution < -0.4 is 18.5 Å². The first-order valence-electron chi connectivity index (χ1n) is 23.4. The van der Waals surface area contributed by atoms with Crippen LogP contribution in [0.3, 0.4) is 0 Å². The summed E-state index contributed by atoms with van der Waals surface area (Å²) in [5, 5.41) is 39.4. The molecule has 0 saturated heterocycles. The molecular formula is C45H46N12O24S. The highest BCUT2D eigenvalue weighted by atomic mass is 32.2. The number of pyridine rings is 2. The number of anilines is 1.